The predicted octanol–water partition coefficient (Wildman–Crippen LogP) is 0.956. The Labute approximate surface area is 75.6 Å². The van der Waals surface area contributed by atoms with Gasteiger partial charge in [-0.15, -0.1) is 3.89 Å². The molecule has 6 heteroatoms. The van der Waals surface area contributed by atoms with Crippen LogP contribution in [0.2, 0.25) is 0 Å². The van der Waals surface area contributed by atoms with E-state index in [9.17, 15) is 12.3 Å². The first kappa shape index (κ1) is 8.68. The molecule has 1 heterocycles. The number of rotatable bonds is 2. The molecule has 0 saturated heterocycles. The maximum atomic E-state index is 12.7. The Balaban J connectivity index is 2.55. The summed E-state index contributed by atoms with van der Waals surface area (Å²) in [7, 11) is -3.02. The molecule has 0 N–H and O–H groups in total. The summed E-state index contributed by atoms with van der Waals surface area (Å²) in [6, 6.07) is 0. The highest BCUT2D eigenvalue weighted by Gasteiger charge is 2.33. The molecule has 1 fully saturated rings. The summed E-state index contributed by atoms with van der Waals surface area (Å²) in [6.45, 7) is 0. The highest BCUT2D eigenvalue weighted by Crippen LogP contribution is 2.42. The summed E-state index contributed by atoms with van der Waals surface area (Å²) >= 11 is 0. The molecule has 0 atom stereocenters. The van der Waals surface area contributed by atoms with E-state index in [1.807, 2.05) is 0 Å². The molecule has 1 saturated carbocycles. The van der Waals surface area contributed by atoms with Crippen molar-refractivity contribution in [2.24, 2.45) is 7.05 Å². The van der Waals surface area contributed by atoms with Gasteiger partial charge in [0.1, 0.15) is 4.90 Å². The number of aryl methyl sites for hydroxylation is 1. The fourth-order valence-corrected chi connectivity index (χ4v) is 2.05. The topological polar surface area (TPSA) is 52.0 Å². The van der Waals surface area contributed by atoms with Gasteiger partial charge in [-0.25, -0.2) is 0 Å². The Morgan fingerprint density at radius 3 is 2.69 bits per heavy atom. The van der Waals surface area contributed by atoms with Crippen LogP contribution in [-0.2, 0) is 17.3 Å². The normalized spacial score (nSPS) is 17.7. The molecule has 13 heavy (non-hydrogen) atoms. The van der Waals surface area contributed by atoms with Crippen LogP contribution in [-0.4, -0.2) is 18.2 Å². The minimum absolute atomic E-state index is 0.140. The van der Waals surface area contributed by atoms with E-state index >= 15 is 0 Å². The predicted molar refractivity (Wildman–Crippen MR) is 43.5 cm³/mol. The van der Waals surface area contributed by atoms with Crippen LogP contribution < -0.4 is 0 Å². The first-order valence-electron chi connectivity index (χ1n) is 3.96. The van der Waals surface area contributed by atoms with E-state index in [-0.39, 0.29) is 10.8 Å². The maximum Gasteiger partial charge on any atom is 0.335 e. The van der Waals surface area contributed by atoms with E-state index in [0.29, 0.717) is 5.69 Å². The molecule has 72 valence electrons. The molecule has 0 radical (unpaired) electrons. The first-order chi connectivity index (χ1) is 5.98. The van der Waals surface area contributed by atoms with Gasteiger partial charge in [-0.1, -0.05) is 0 Å². The molecule has 1 aliphatic carbocycles. The lowest BCUT2D eigenvalue weighted by molar-refractivity contribution is 0.550. The summed E-state index contributed by atoms with van der Waals surface area (Å²) < 4.78 is 35.4. The molecule has 1 aliphatic rings. The van der Waals surface area contributed by atoms with Crippen LogP contribution in [0.1, 0.15) is 24.5 Å². The Morgan fingerprint density at radius 2 is 2.23 bits per heavy atom. The van der Waals surface area contributed by atoms with Crippen LogP contribution in [0.5, 0.6) is 0 Å². The Morgan fingerprint density at radius 1 is 1.62 bits per heavy atom. The molecule has 0 aliphatic heterocycles. The van der Waals surface area contributed by atoms with E-state index in [1.54, 1.807) is 7.05 Å². The first-order valence-corrected chi connectivity index (χ1v) is 5.35. The van der Waals surface area contributed by atoms with Crippen molar-refractivity contribution < 1.29 is 12.3 Å². The summed E-state index contributed by atoms with van der Waals surface area (Å²) in [4.78, 5) is -0.266. The molecule has 0 unspecified atom stereocenters. The lowest BCUT2D eigenvalue weighted by atomic mass is 10.3. The standard InChI is InChI=1S/C7H9FN2O2S/c1-10-4-6(13(8,11)12)7(9-10)5-2-3-5/h4-5H,2-3H2,1H3. The van der Waals surface area contributed by atoms with Crippen LogP contribution in [0, 0.1) is 0 Å². The van der Waals surface area contributed by atoms with Crippen LogP contribution in [0.15, 0.2) is 11.1 Å². The van der Waals surface area contributed by atoms with Crippen molar-refractivity contribution in [3.63, 3.8) is 0 Å². The van der Waals surface area contributed by atoms with Gasteiger partial charge < -0.3 is 0 Å². The minimum atomic E-state index is -4.60. The van der Waals surface area contributed by atoms with Crippen molar-refractivity contribution in [3.8, 4) is 0 Å². The second kappa shape index (κ2) is 2.54. The van der Waals surface area contributed by atoms with Crippen LogP contribution >= 0.6 is 0 Å². The SMILES string of the molecule is Cn1cc(S(=O)(=O)F)c(C2CC2)n1. The average molecular weight is 204 g/mol. The third kappa shape index (κ3) is 1.58. The van der Waals surface area contributed by atoms with Gasteiger partial charge in [0, 0.05) is 19.2 Å². The van der Waals surface area contributed by atoms with Crippen LogP contribution in [0.4, 0.5) is 3.89 Å². The minimum Gasteiger partial charge on any atom is -0.274 e. The summed E-state index contributed by atoms with van der Waals surface area (Å²) in [5.74, 6) is 0.140. The lowest BCUT2D eigenvalue weighted by Crippen LogP contribution is -1.94. The largest absolute Gasteiger partial charge is 0.335 e. The van der Waals surface area contributed by atoms with E-state index < -0.39 is 10.2 Å². The molecule has 1 aromatic heterocycles. The van der Waals surface area contributed by atoms with Crippen molar-refractivity contribution >= 4 is 10.2 Å². The van der Waals surface area contributed by atoms with Crippen molar-refractivity contribution in [1.82, 2.24) is 9.78 Å². The van der Waals surface area contributed by atoms with Crippen molar-refractivity contribution in [1.29, 1.82) is 0 Å². The number of nitrogens with zero attached hydrogens (tertiary/aromatic N) is 2. The van der Waals surface area contributed by atoms with Gasteiger partial charge in [0.15, 0.2) is 0 Å². The monoisotopic (exact) mass is 204 g/mol. The highest BCUT2D eigenvalue weighted by molar-refractivity contribution is 7.86. The molecule has 0 spiro atoms. The summed E-state index contributed by atoms with van der Waals surface area (Å²) in [5, 5.41) is 3.94. The number of aromatic nitrogens is 2. The van der Waals surface area contributed by atoms with Gasteiger partial charge in [-0.05, 0) is 12.8 Å². The van der Waals surface area contributed by atoms with E-state index in [4.69, 9.17) is 0 Å². The number of hydrogen-bond acceptors (Lipinski definition) is 3. The number of hydrogen-bond donors (Lipinski definition) is 0. The van der Waals surface area contributed by atoms with Crippen molar-refractivity contribution in [3.05, 3.63) is 11.9 Å². The molecule has 1 aromatic rings. The zero-order valence-corrected chi connectivity index (χ0v) is 7.88. The number of halogens is 1. The Hall–Kier alpha value is -0.910. The quantitative estimate of drug-likeness (QED) is 0.674. The highest BCUT2D eigenvalue weighted by atomic mass is 32.3. The molecule has 0 aromatic carbocycles. The third-order valence-electron chi connectivity index (χ3n) is 2.05. The summed E-state index contributed by atoms with van der Waals surface area (Å²) in [5.41, 5.74) is 0.380. The van der Waals surface area contributed by atoms with Crippen molar-refractivity contribution in [2.75, 3.05) is 0 Å². The van der Waals surface area contributed by atoms with Gasteiger partial charge >= 0.3 is 10.2 Å². The smallest absolute Gasteiger partial charge is 0.274 e. The Kier molecular flexibility index (Phi) is 1.69. The zero-order valence-electron chi connectivity index (χ0n) is 7.07. The lowest BCUT2D eigenvalue weighted by Gasteiger charge is -1.92. The van der Waals surface area contributed by atoms with Gasteiger partial charge in [-0.3, -0.25) is 4.68 Å². The van der Waals surface area contributed by atoms with Crippen molar-refractivity contribution in [2.45, 2.75) is 23.7 Å². The van der Waals surface area contributed by atoms with Gasteiger partial charge in [-0.2, -0.15) is 13.5 Å². The maximum absolute atomic E-state index is 12.7. The molecule has 4 nitrogen and oxygen atoms in total. The van der Waals surface area contributed by atoms with Crippen LogP contribution in [0.25, 0.3) is 0 Å². The molecule has 0 bridgehead atoms. The van der Waals surface area contributed by atoms with E-state index in [1.165, 1.54) is 10.9 Å². The molecular weight excluding hydrogens is 195 g/mol. The molecule has 2 rings (SSSR count). The Bertz CT molecular complexity index is 433. The van der Waals surface area contributed by atoms with E-state index in [2.05, 4.69) is 5.10 Å². The van der Waals surface area contributed by atoms with Crippen LogP contribution in [0.3, 0.4) is 0 Å². The molecule has 0 amide bonds. The van der Waals surface area contributed by atoms with Gasteiger partial charge in [0.2, 0.25) is 0 Å². The second-order valence-electron chi connectivity index (χ2n) is 3.26. The zero-order chi connectivity index (χ0) is 9.64. The summed E-state index contributed by atoms with van der Waals surface area (Å²) in [6.07, 6.45) is 3.02. The van der Waals surface area contributed by atoms with Gasteiger partial charge in [0.25, 0.3) is 0 Å². The van der Waals surface area contributed by atoms with Gasteiger partial charge in [0.05, 0.1) is 5.69 Å². The molecular formula is C7H9FN2O2S. The third-order valence-corrected chi connectivity index (χ3v) is 2.89. The van der Waals surface area contributed by atoms with E-state index in [0.717, 1.165) is 12.8 Å². The fourth-order valence-electron chi connectivity index (χ4n) is 1.31. The fraction of sp³-hybridized carbons (Fsp3) is 0.571. The second-order valence-corrected chi connectivity index (χ2v) is 4.58. The average Bonchev–Trinajstić information content (AvgIpc) is 2.73.